The van der Waals surface area contributed by atoms with Crippen molar-refractivity contribution >= 4 is 35.1 Å². The number of nitrogens with two attached hydrogens (primary N) is 1. The molecule has 1 rings (SSSR count). The summed E-state index contributed by atoms with van der Waals surface area (Å²) in [6.07, 6.45) is 0. The predicted molar refractivity (Wildman–Crippen MR) is 57.2 cm³/mol. The minimum atomic E-state index is -2.84. The highest BCUT2D eigenvalue weighted by Crippen LogP contribution is 2.27. The van der Waals surface area contributed by atoms with Gasteiger partial charge in [-0.3, -0.25) is 4.79 Å². The second-order valence-electron chi connectivity index (χ2n) is 3.04. The van der Waals surface area contributed by atoms with E-state index in [0.717, 1.165) is 12.1 Å². The van der Waals surface area contributed by atoms with E-state index in [1.165, 1.54) is 6.07 Å². The van der Waals surface area contributed by atoms with Crippen molar-refractivity contribution in [2.75, 3.05) is 0 Å². The zero-order valence-electron chi connectivity index (χ0n) is 7.78. The zero-order chi connectivity index (χ0) is 12.5. The quantitative estimate of drug-likeness (QED) is 0.701. The molecule has 0 aliphatic heterocycles. The van der Waals surface area contributed by atoms with Crippen LogP contribution in [0.4, 0.5) is 0 Å². The lowest BCUT2D eigenvalue weighted by atomic mass is 9.93. The lowest BCUT2D eigenvalue weighted by Crippen LogP contribution is -2.47. The Bertz CT molecular complexity index is 427. The van der Waals surface area contributed by atoms with E-state index in [1.807, 2.05) is 0 Å². The van der Waals surface area contributed by atoms with Crippen LogP contribution < -0.4 is 5.73 Å². The highest BCUT2D eigenvalue weighted by molar-refractivity contribution is 6.34. The number of hydrogen-bond acceptors (Lipinski definition) is 3. The Labute approximate surface area is 100 Å². The number of carboxylic acids is 1. The minimum Gasteiger partial charge on any atom is -0.478 e. The van der Waals surface area contributed by atoms with Gasteiger partial charge in [0, 0.05) is 15.6 Å². The zero-order valence-corrected chi connectivity index (χ0v) is 9.29. The molecule has 4 N–H and O–H groups in total. The van der Waals surface area contributed by atoms with Crippen molar-refractivity contribution in [3.05, 3.63) is 33.8 Å². The van der Waals surface area contributed by atoms with E-state index in [-0.39, 0.29) is 15.6 Å². The van der Waals surface area contributed by atoms with Gasteiger partial charge in [-0.15, -0.1) is 0 Å². The van der Waals surface area contributed by atoms with E-state index in [1.54, 1.807) is 0 Å². The summed E-state index contributed by atoms with van der Waals surface area (Å²) in [5.41, 5.74) is 1.72. The molecule has 0 saturated carbocycles. The van der Waals surface area contributed by atoms with Gasteiger partial charge in [0.15, 0.2) is 0 Å². The summed E-state index contributed by atoms with van der Waals surface area (Å²) in [5, 5.41) is 18.7. The first-order valence-electron chi connectivity index (χ1n) is 4.00. The highest BCUT2D eigenvalue weighted by Gasteiger charge is 2.45. The maximum Gasteiger partial charge on any atom is 0.350 e. The average molecular weight is 264 g/mol. The van der Waals surface area contributed by atoms with Crippen molar-refractivity contribution in [2.24, 2.45) is 5.73 Å². The van der Waals surface area contributed by atoms with Crippen molar-refractivity contribution in [1.82, 2.24) is 0 Å². The molecule has 1 amide bonds. The molecule has 0 saturated heterocycles. The summed E-state index contributed by atoms with van der Waals surface area (Å²) in [6, 6.07) is 3.54. The average Bonchev–Trinajstić information content (AvgIpc) is 2.14. The molecule has 1 unspecified atom stereocenters. The first-order chi connectivity index (χ1) is 7.28. The maximum atomic E-state index is 11.0. The molecule has 0 aromatic heterocycles. The van der Waals surface area contributed by atoms with E-state index in [4.69, 9.17) is 34.0 Å². The van der Waals surface area contributed by atoms with Crippen LogP contribution in [-0.4, -0.2) is 22.1 Å². The van der Waals surface area contributed by atoms with Gasteiger partial charge < -0.3 is 15.9 Å². The topological polar surface area (TPSA) is 101 Å². The number of aliphatic hydroxyl groups is 1. The third kappa shape index (κ3) is 2.11. The molecule has 0 spiro atoms. The van der Waals surface area contributed by atoms with Crippen LogP contribution in [0.1, 0.15) is 5.56 Å². The molecule has 0 aliphatic carbocycles. The highest BCUT2D eigenvalue weighted by atomic mass is 35.5. The smallest absolute Gasteiger partial charge is 0.350 e. The number of amides is 1. The number of carbonyl (C=O) groups excluding carboxylic acids is 1. The lowest BCUT2D eigenvalue weighted by molar-refractivity contribution is -0.166. The van der Waals surface area contributed by atoms with E-state index in [2.05, 4.69) is 0 Å². The Hall–Kier alpha value is -1.30. The van der Waals surface area contributed by atoms with Gasteiger partial charge in [-0.2, -0.15) is 0 Å². The summed E-state index contributed by atoms with van der Waals surface area (Å²) in [6.45, 7) is 0. The Morgan fingerprint density at radius 1 is 1.19 bits per heavy atom. The van der Waals surface area contributed by atoms with Crippen LogP contribution >= 0.6 is 23.2 Å². The second kappa shape index (κ2) is 4.29. The number of primary amides is 1. The Morgan fingerprint density at radius 2 is 1.62 bits per heavy atom. The molecule has 0 heterocycles. The molecule has 0 radical (unpaired) electrons. The normalized spacial score (nSPS) is 14.2. The van der Waals surface area contributed by atoms with Crippen molar-refractivity contribution in [1.29, 1.82) is 0 Å². The van der Waals surface area contributed by atoms with Gasteiger partial charge in [-0.05, 0) is 18.2 Å². The second-order valence-corrected chi connectivity index (χ2v) is 3.91. The molecule has 0 aliphatic rings. The number of halogens is 2. The van der Waals surface area contributed by atoms with Gasteiger partial charge in [0.05, 0.1) is 0 Å². The molecule has 1 aromatic rings. The molecule has 7 heteroatoms. The molecule has 5 nitrogen and oxygen atoms in total. The fourth-order valence-electron chi connectivity index (χ4n) is 1.13. The van der Waals surface area contributed by atoms with Crippen LogP contribution in [0.2, 0.25) is 10.0 Å². The van der Waals surface area contributed by atoms with E-state index in [9.17, 15) is 14.7 Å². The monoisotopic (exact) mass is 263 g/mol. The summed E-state index contributed by atoms with van der Waals surface area (Å²) in [5.74, 6) is -3.21. The largest absolute Gasteiger partial charge is 0.478 e. The van der Waals surface area contributed by atoms with Gasteiger partial charge in [-0.25, -0.2) is 4.79 Å². The molecule has 0 fully saturated rings. The molecule has 1 aromatic carbocycles. The van der Waals surface area contributed by atoms with Crippen LogP contribution in [0.25, 0.3) is 0 Å². The van der Waals surface area contributed by atoms with Crippen LogP contribution in [0.5, 0.6) is 0 Å². The van der Waals surface area contributed by atoms with Gasteiger partial charge in [-0.1, -0.05) is 23.2 Å². The van der Waals surface area contributed by atoms with E-state index in [0.29, 0.717) is 0 Å². The first kappa shape index (κ1) is 12.8. The van der Waals surface area contributed by atoms with Crippen molar-refractivity contribution in [3.8, 4) is 0 Å². The summed E-state index contributed by atoms with van der Waals surface area (Å²) < 4.78 is 0. The van der Waals surface area contributed by atoms with Gasteiger partial charge in [0.25, 0.3) is 11.5 Å². The summed E-state index contributed by atoms with van der Waals surface area (Å²) in [4.78, 5) is 21.8. The molecular formula is C9H7Cl2NO4. The van der Waals surface area contributed by atoms with Gasteiger partial charge >= 0.3 is 5.97 Å². The first-order valence-corrected chi connectivity index (χ1v) is 4.76. The summed E-state index contributed by atoms with van der Waals surface area (Å²) in [7, 11) is 0. The number of hydrogen-bond donors (Lipinski definition) is 3. The Kier molecular flexibility index (Phi) is 3.42. The molecule has 0 bridgehead atoms. The van der Waals surface area contributed by atoms with Crippen LogP contribution in [0.15, 0.2) is 18.2 Å². The van der Waals surface area contributed by atoms with Crippen LogP contribution in [-0.2, 0) is 15.2 Å². The molecule has 16 heavy (non-hydrogen) atoms. The summed E-state index contributed by atoms with van der Waals surface area (Å²) >= 11 is 11.2. The maximum absolute atomic E-state index is 11.0. The molecular weight excluding hydrogens is 257 g/mol. The van der Waals surface area contributed by atoms with E-state index >= 15 is 0 Å². The molecule has 86 valence electrons. The predicted octanol–water partition coefficient (Wildman–Crippen LogP) is 0.751. The standard InChI is InChI=1S/C9H7Cl2NO4/c10-5-1-4(2-6(11)3-5)9(16,7(12)13)8(14)15/h1-3,16H,(H2,12,13)(H,14,15). The van der Waals surface area contributed by atoms with Gasteiger partial charge in [0.1, 0.15) is 0 Å². The number of carbonyl (C=O) groups is 2. The van der Waals surface area contributed by atoms with Crippen molar-refractivity contribution < 1.29 is 19.8 Å². The minimum absolute atomic E-state index is 0.0865. The third-order valence-corrected chi connectivity index (χ3v) is 2.38. The third-order valence-electron chi connectivity index (χ3n) is 1.95. The fourth-order valence-corrected chi connectivity index (χ4v) is 1.66. The van der Waals surface area contributed by atoms with Gasteiger partial charge in [0.2, 0.25) is 0 Å². The number of carboxylic acid groups (broad SMARTS) is 1. The lowest BCUT2D eigenvalue weighted by Gasteiger charge is -2.20. The Balaban J connectivity index is 3.44. The molecule has 1 atom stereocenters. The van der Waals surface area contributed by atoms with Crippen LogP contribution in [0, 0.1) is 0 Å². The SMILES string of the molecule is NC(=O)C(O)(C(=O)O)c1cc(Cl)cc(Cl)c1. The van der Waals surface area contributed by atoms with Crippen molar-refractivity contribution in [2.45, 2.75) is 5.60 Å². The number of benzene rings is 1. The fraction of sp³-hybridized carbons (Fsp3) is 0.111. The van der Waals surface area contributed by atoms with E-state index < -0.39 is 17.5 Å². The Morgan fingerprint density at radius 3 is 1.94 bits per heavy atom. The number of rotatable bonds is 3. The van der Waals surface area contributed by atoms with Crippen LogP contribution in [0.3, 0.4) is 0 Å². The number of aliphatic carboxylic acids is 1. The van der Waals surface area contributed by atoms with Crippen molar-refractivity contribution in [3.63, 3.8) is 0 Å².